The minimum atomic E-state index is -0.706. The van der Waals surface area contributed by atoms with E-state index in [0.717, 1.165) is 0 Å². The number of methoxy groups -OCH3 is 1. The first-order valence-electron chi connectivity index (χ1n) is 9.41. The number of H-pyrrole nitrogens is 1. The van der Waals surface area contributed by atoms with Crippen molar-refractivity contribution >= 4 is 28.8 Å². The summed E-state index contributed by atoms with van der Waals surface area (Å²) < 4.78 is 11.8. The van der Waals surface area contributed by atoms with Crippen molar-refractivity contribution in [2.75, 3.05) is 19.0 Å². The Kier molecular flexibility index (Phi) is 5.27. The van der Waals surface area contributed by atoms with E-state index in [1.54, 1.807) is 43.3 Å². The Morgan fingerprint density at radius 1 is 1.19 bits per heavy atom. The van der Waals surface area contributed by atoms with Gasteiger partial charge in [0.2, 0.25) is 5.95 Å². The van der Waals surface area contributed by atoms with Gasteiger partial charge in [0.15, 0.2) is 11.3 Å². The van der Waals surface area contributed by atoms with Crippen LogP contribution in [0.1, 0.15) is 17.4 Å². The summed E-state index contributed by atoms with van der Waals surface area (Å²) in [4.78, 5) is 36.7. The Balaban J connectivity index is 1.96. The van der Waals surface area contributed by atoms with Crippen LogP contribution in [0.15, 0.2) is 53.3 Å². The van der Waals surface area contributed by atoms with E-state index in [1.165, 1.54) is 23.8 Å². The number of para-hydroxylation sites is 2. The topological polar surface area (TPSA) is 131 Å². The van der Waals surface area contributed by atoms with Crippen LogP contribution < -0.4 is 15.7 Å². The van der Waals surface area contributed by atoms with Gasteiger partial charge in [-0.25, -0.2) is 19.1 Å². The van der Waals surface area contributed by atoms with E-state index in [4.69, 9.17) is 9.47 Å². The molecule has 2 heterocycles. The second-order valence-electron chi connectivity index (χ2n) is 6.43. The molecule has 0 fully saturated rings. The lowest BCUT2D eigenvalue weighted by Gasteiger charge is -2.11. The van der Waals surface area contributed by atoms with Crippen molar-refractivity contribution in [3.8, 4) is 17.2 Å². The second kappa shape index (κ2) is 8.19. The molecule has 0 saturated carbocycles. The number of imidazole rings is 1. The molecule has 2 aromatic heterocycles. The van der Waals surface area contributed by atoms with Crippen molar-refractivity contribution in [1.29, 1.82) is 0 Å². The standard InChI is InChI=1S/C21H19N5O5/c1-3-31-19(28)17-16-18(25-20(23-17)22-12-7-6-8-13(27)11-12)26(21(29)24-16)14-9-4-5-10-15(14)30-2/h4-11,27H,3H2,1-2H3,(H,24,29)(H,22,23,25). The maximum Gasteiger partial charge on any atom is 0.359 e. The van der Waals surface area contributed by atoms with Crippen LogP contribution in [-0.4, -0.2) is 44.3 Å². The average Bonchev–Trinajstić information content (AvgIpc) is 3.08. The van der Waals surface area contributed by atoms with Gasteiger partial charge in [0.1, 0.15) is 17.0 Å². The first-order valence-corrected chi connectivity index (χ1v) is 9.41. The molecule has 0 bridgehead atoms. The van der Waals surface area contributed by atoms with Crippen LogP contribution >= 0.6 is 0 Å². The third-order valence-electron chi connectivity index (χ3n) is 4.43. The first kappa shape index (κ1) is 20.0. The number of aromatic hydroxyl groups is 1. The van der Waals surface area contributed by atoms with E-state index in [1.807, 2.05) is 0 Å². The number of hydrogen-bond donors (Lipinski definition) is 3. The molecule has 0 atom stereocenters. The van der Waals surface area contributed by atoms with Gasteiger partial charge in [0.25, 0.3) is 0 Å². The summed E-state index contributed by atoms with van der Waals surface area (Å²) >= 11 is 0. The highest BCUT2D eigenvalue weighted by Gasteiger charge is 2.23. The zero-order chi connectivity index (χ0) is 22.0. The number of nitrogens with one attached hydrogen (secondary N) is 2. The van der Waals surface area contributed by atoms with Crippen LogP contribution in [0.4, 0.5) is 11.6 Å². The van der Waals surface area contributed by atoms with Crippen LogP contribution in [0.25, 0.3) is 16.9 Å². The van der Waals surface area contributed by atoms with Crippen molar-refractivity contribution in [2.45, 2.75) is 6.92 Å². The van der Waals surface area contributed by atoms with Gasteiger partial charge in [-0.05, 0) is 31.2 Å². The molecule has 4 aromatic rings. The van der Waals surface area contributed by atoms with Crippen LogP contribution in [0.5, 0.6) is 11.5 Å². The molecule has 0 unspecified atom stereocenters. The van der Waals surface area contributed by atoms with Crippen LogP contribution in [0, 0.1) is 0 Å². The number of carbonyl (C=O) groups excluding carboxylic acids is 1. The molecule has 0 radical (unpaired) electrons. The molecule has 0 spiro atoms. The summed E-state index contributed by atoms with van der Waals surface area (Å²) in [6.07, 6.45) is 0. The van der Waals surface area contributed by atoms with E-state index in [0.29, 0.717) is 17.1 Å². The highest BCUT2D eigenvalue weighted by molar-refractivity contribution is 6.00. The number of ether oxygens (including phenoxy) is 2. The van der Waals surface area contributed by atoms with Gasteiger partial charge in [-0.2, -0.15) is 4.98 Å². The lowest BCUT2D eigenvalue weighted by Crippen LogP contribution is -2.16. The number of phenolic OH excluding ortho intramolecular Hbond substituents is 1. The number of nitrogens with zero attached hydrogens (tertiary/aromatic N) is 3. The van der Waals surface area contributed by atoms with E-state index in [9.17, 15) is 14.7 Å². The Bertz CT molecular complexity index is 1330. The Morgan fingerprint density at radius 3 is 2.74 bits per heavy atom. The number of anilines is 2. The summed E-state index contributed by atoms with van der Waals surface area (Å²) in [5.74, 6) is -0.167. The zero-order valence-electron chi connectivity index (χ0n) is 16.7. The smallest absolute Gasteiger partial charge is 0.359 e. The molecule has 0 aliphatic heterocycles. The first-order chi connectivity index (χ1) is 15.0. The largest absolute Gasteiger partial charge is 0.508 e. The van der Waals surface area contributed by atoms with E-state index < -0.39 is 11.7 Å². The van der Waals surface area contributed by atoms with Gasteiger partial charge < -0.3 is 24.9 Å². The lowest BCUT2D eigenvalue weighted by molar-refractivity contribution is 0.0522. The number of esters is 1. The molecule has 0 saturated heterocycles. The van der Waals surface area contributed by atoms with Crippen molar-refractivity contribution in [1.82, 2.24) is 19.5 Å². The molecule has 4 rings (SSSR count). The van der Waals surface area contributed by atoms with Crippen molar-refractivity contribution < 1.29 is 19.4 Å². The minimum Gasteiger partial charge on any atom is -0.508 e. The zero-order valence-corrected chi connectivity index (χ0v) is 16.7. The summed E-state index contributed by atoms with van der Waals surface area (Å²) in [5, 5.41) is 12.7. The SMILES string of the molecule is CCOC(=O)c1nc(Nc2cccc(O)c2)nc2c1[nH]c(=O)n2-c1ccccc1OC. The molecule has 3 N–H and O–H groups in total. The van der Waals surface area contributed by atoms with Crippen molar-refractivity contribution in [3.05, 3.63) is 64.7 Å². The van der Waals surface area contributed by atoms with Crippen LogP contribution in [0.3, 0.4) is 0 Å². The summed E-state index contributed by atoms with van der Waals surface area (Å²) in [6, 6.07) is 13.3. The highest BCUT2D eigenvalue weighted by atomic mass is 16.5. The van der Waals surface area contributed by atoms with Crippen molar-refractivity contribution in [2.24, 2.45) is 0 Å². The molecule has 10 heteroatoms. The number of carbonyl (C=O) groups is 1. The van der Waals surface area contributed by atoms with Crippen LogP contribution in [-0.2, 0) is 4.74 Å². The Morgan fingerprint density at radius 2 is 2.00 bits per heavy atom. The highest BCUT2D eigenvalue weighted by Crippen LogP contribution is 2.26. The minimum absolute atomic E-state index is 0.0452. The quantitative estimate of drug-likeness (QED) is 0.405. The molecule has 31 heavy (non-hydrogen) atoms. The number of hydrogen-bond acceptors (Lipinski definition) is 8. The molecule has 0 aliphatic rings. The number of fused-ring (bicyclic) bond motifs is 1. The molecule has 0 aliphatic carbocycles. The molecule has 2 aromatic carbocycles. The molecule has 0 amide bonds. The fraction of sp³-hybridized carbons (Fsp3) is 0.143. The monoisotopic (exact) mass is 421 g/mol. The average molecular weight is 421 g/mol. The maximum absolute atomic E-state index is 12.8. The molecule has 10 nitrogen and oxygen atoms in total. The molecule has 158 valence electrons. The lowest BCUT2D eigenvalue weighted by atomic mass is 10.3. The van der Waals surface area contributed by atoms with E-state index >= 15 is 0 Å². The van der Waals surface area contributed by atoms with E-state index in [2.05, 4.69) is 20.3 Å². The third-order valence-corrected chi connectivity index (χ3v) is 4.43. The molecular formula is C21H19N5O5. The number of benzene rings is 2. The summed E-state index contributed by atoms with van der Waals surface area (Å²) in [5.41, 5.74) is 0.620. The fourth-order valence-corrected chi connectivity index (χ4v) is 3.14. The predicted octanol–water partition coefficient (Wildman–Crippen LogP) is 2.74. The number of phenols is 1. The Hall–Kier alpha value is -4.34. The normalized spacial score (nSPS) is 10.8. The van der Waals surface area contributed by atoms with Gasteiger partial charge in [-0.1, -0.05) is 18.2 Å². The van der Waals surface area contributed by atoms with Crippen molar-refractivity contribution in [3.63, 3.8) is 0 Å². The second-order valence-corrected chi connectivity index (χ2v) is 6.43. The van der Waals surface area contributed by atoms with Gasteiger partial charge in [-0.15, -0.1) is 0 Å². The number of rotatable bonds is 6. The molecular weight excluding hydrogens is 402 g/mol. The fourth-order valence-electron chi connectivity index (χ4n) is 3.14. The van der Waals surface area contributed by atoms with Gasteiger partial charge in [0.05, 0.1) is 19.4 Å². The van der Waals surface area contributed by atoms with Crippen LogP contribution in [0.2, 0.25) is 0 Å². The number of aromatic amines is 1. The van der Waals surface area contributed by atoms with Gasteiger partial charge >= 0.3 is 11.7 Å². The summed E-state index contributed by atoms with van der Waals surface area (Å²) in [6.45, 7) is 1.81. The Labute approximate surface area is 176 Å². The maximum atomic E-state index is 12.8. The summed E-state index contributed by atoms with van der Waals surface area (Å²) in [7, 11) is 1.49. The van der Waals surface area contributed by atoms with Gasteiger partial charge in [-0.3, -0.25) is 0 Å². The predicted molar refractivity (Wildman–Crippen MR) is 113 cm³/mol. The number of aromatic nitrogens is 4. The third kappa shape index (κ3) is 3.78. The van der Waals surface area contributed by atoms with Gasteiger partial charge in [0, 0.05) is 11.8 Å². The van der Waals surface area contributed by atoms with E-state index in [-0.39, 0.29) is 35.2 Å².